The monoisotopic (exact) mass is 346 g/mol. The van der Waals surface area contributed by atoms with E-state index in [9.17, 15) is 4.79 Å². The minimum atomic E-state index is -0.815. The number of halogens is 2. The molecule has 0 atom stereocenters. The SMILES string of the molecule is CCCC(CCC)(C(=O)Nc1ccc(Cl)c(Cl)c1)C(N)=S. The van der Waals surface area contributed by atoms with Crippen molar-refractivity contribution in [3.63, 3.8) is 0 Å². The Labute approximate surface area is 141 Å². The summed E-state index contributed by atoms with van der Waals surface area (Å²) < 4.78 is 0. The largest absolute Gasteiger partial charge is 0.392 e. The number of carbonyl (C=O) groups is 1. The molecule has 1 amide bonds. The number of amides is 1. The molecule has 0 aliphatic rings. The number of anilines is 1. The number of nitrogens with two attached hydrogens (primary N) is 1. The first kappa shape index (κ1) is 18.2. The highest BCUT2D eigenvalue weighted by atomic mass is 35.5. The van der Waals surface area contributed by atoms with Crippen LogP contribution in [0.3, 0.4) is 0 Å². The van der Waals surface area contributed by atoms with Gasteiger partial charge in [-0.1, -0.05) is 62.1 Å². The van der Waals surface area contributed by atoms with Crippen LogP contribution in [0.5, 0.6) is 0 Å². The summed E-state index contributed by atoms with van der Waals surface area (Å²) >= 11 is 17.0. The van der Waals surface area contributed by atoms with Crippen LogP contribution in [0.25, 0.3) is 0 Å². The van der Waals surface area contributed by atoms with Gasteiger partial charge in [-0.15, -0.1) is 0 Å². The Hall–Kier alpha value is -0.840. The van der Waals surface area contributed by atoms with Crippen LogP contribution in [0.2, 0.25) is 10.0 Å². The molecular formula is C15H20Cl2N2OS. The van der Waals surface area contributed by atoms with Gasteiger partial charge in [0.05, 0.1) is 20.4 Å². The van der Waals surface area contributed by atoms with Gasteiger partial charge in [0.15, 0.2) is 0 Å². The number of thiocarbonyl (C=S) groups is 1. The average Bonchev–Trinajstić information content (AvgIpc) is 2.42. The lowest BCUT2D eigenvalue weighted by Crippen LogP contribution is -2.46. The molecule has 0 bridgehead atoms. The van der Waals surface area contributed by atoms with E-state index in [-0.39, 0.29) is 10.9 Å². The summed E-state index contributed by atoms with van der Waals surface area (Å²) in [6.45, 7) is 4.02. The normalized spacial score (nSPS) is 11.2. The van der Waals surface area contributed by atoms with Crippen molar-refractivity contribution in [2.45, 2.75) is 39.5 Å². The second-order valence-corrected chi connectivity index (χ2v) is 6.28. The molecule has 0 aromatic heterocycles. The summed E-state index contributed by atoms with van der Waals surface area (Å²) in [5.41, 5.74) is 5.65. The van der Waals surface area contributed by atoms with E-state index >= 15 is 0 Å². The Kier molecular flexibility index (Phi) is 6.91. The van der Waals surface area contributed by atoms with E-state index in [0.717, 1.165) is 12.8 Å². The average molecular weight is 347 g/mol. The summed E-state index contributed by atoms with van der Waals surface area (Å²) in [7, 11) is 0. The number of hydrogen-bond donors (Lipinski definition) is 2. The van der Waals surface area contributed by atoms with E-state index in [2.05, 4.69) is 5.32 Å². The summed E-state index contributed by atoms with van der Waals surface area (Å²) in [5, 5.41) is 3.68. The van der Waals surface area contributed by atoms with E-state index in [1.165, 1.54) is 0 Å². The molecule has 1 aromatic carbocycles. The van der Waals surface area contributed by atoms with Crippen molar-refractivity contribution >= 4 is 52.0 Å². The lowest BCUT2D eigenvalue weighted by Gasteiger charge is -2.31. The zero-order chi connectivity index (χ0) is 16.0. The van der Waals surface area contributed by atoms with Gasteiger partial charge in [-0.25, -0.2) is 0 Å². The quantitative estimate of drug-likeness (QED) is 0.696. The molecule has 116 valence electrons. The van der Waals surface area contributed by atoms with Gasteiger partial charge in [0.1, 0.15) is 0 Å². The number of hydrogen-bond acceptors (Lipinski definition) is 2. The van der Waals surface area contributed by atoms with E-state index in [1.807, 2.05) is 13.8 Å². The molecule has 0 saturated carbocycles. The fourth-order valence-corrected chi connectivity index (χ4v) is 2.98. The minimum Gasteiger partial charge on any atom is -0.392 e. The number of carbonyl (C=O) groups excluding carboxylic acids is 1. The molecule has 3 N–H and O–H groups in total. The highest BCUT2D eigenvalue weighted by Gasteiger charge is 2.39. The van der Waals surface area contributed by atoms with Crippen molar-refractivity contribution < 1.29 is 4.79 Å². The van der Waals surface area contributed by atoms with Crippen molar-refractivity contribution in [2.75, 3.05) is 5.32 Å². The van der Waals surface area contributed by atoms with Crippen LogP contribution in [0, 0.1) is 5.41 Å². The Morgan fingerprint density at radius 3 is 2.24 bits per heavy atom. The zero-order valence-electron chi connectivity index (χ0n) is 12.2. The highest BCUT2D eigenvalue weighted by molar-refractivity contribution is 7.80. The van der Waals surface area contributed by atoms with E-state index in [4.69, 9.17) is 41.2 Å². The topological polar surface area (TPSA) is 55.1 Å². The number of rotatable bonds is 7. The lowest BCUT2D eigenvalue weighted by atomic mass is 9.78. The molecule has 0 heterocycles. The van der Waals surface area contributed by atoms with Gasteiger partial charge < -0.3 is 11.1 Å². The third-order valence-corrected chi connectivity index (χ3v) is 4.57. The fraction of sp³-hybridized carbons (Fsp3) is 0.467. The van der Waals surface area contributed by atoms with Gasteiger partial charge >= 0.3 is 0 Å². The molecule has 0 fully saturated rings. The van der Waals surface area contributed by atoms with Crippen molar-refractivity contribution in [3.8, 4) is 0 Å². The molecule has 1 aromatic rings. The second kappa shape index (κ2) is 7.97. The molecule has 6 heteroatoms. The Morgan fingerprint density at radius 2 is 1.81 bits per heavy atom. The predicted octanol–water partition coefficient (Wildman–Crippen LogP) is 4.80. The van der Waals surface area contributed by atoms with E-state index < -0.39 is 5.41 Å². The van der Waals surface area contributed by atoms with Gasteiger partial charge in [0.25, 0.3) is 0 Å². The van der Waals surface area contributed by atoms with Crippen LogP contribution in [-0.4, -0.2) is 10.9 Å². The van der Waals surface area contributed by atoms with Gasteiger partial charge in [-0.2, -0.15) is 0 Å². The first-order valence-electron chi connectivity index (χ1n) is 6.93. The maximum atomic E-state index is 12.7. The van der Waals surface area contributed by atoms with Crippen LogP contribution in [-0.2, 0) is 4.79 Å². The van der Waals surface area contributed by atoms with Crippen LogP contribution in [0.4, 0.5) is 5.69 Å². The van der Waals surface area contributed by atoms with Gasteiger partial charge in [-0.05, 0) is 31.0 Å². The summed E-state index contributed by atoms with van der Waals surface area (Å²) in [5.74, 6) is -0.183. The maximum Gasteiger partial charge on any atom is 0.237 e. The third kappa shape index (κ3) is 4.31. The second-order valence-electron chi connectivity index (χ2n) is 5.03. The molecule has 0 aliphatic carbocycles. The smallest absolute Gasteiger partial charge is 0.237 e. The summed E-state index contributed by atoms with van der Waals surface area (Å²) in [4.78, 5) is 12.9. The number of benzene rings is 1. The van der Waals surface area contributed by atoms with Crippen LogP contribution in [0.1, 0.15) is 39.5 Å². The molecule has 3 nitrogen and oxygen atoms in total. The van der Waals surface area contributed by atoms with Gasteiger partial charge in [0.2, 0.25) is 5.91 Å². The molecule has 0 spiro atoms. The fourth-order valence-electron chi connectivity index (χ4n) is 2.39. The minimum absolute atomic E-state index is 0.183. The lowest BCUT2D eigenvalue weighted by molar-refractivity contribution is -0.122. The van der Waals surface area contributed by atoms with Crippen LogP contribution in [0.15, 0.2) is 18.2 Å². The molecule has 0 saturated heterocycles. The van der Waals surface area contributed by atoms with Gasteiger partial charge in [-0.3, -0.25) is 4.79 Å². The third-order valence-electron chi connectivity index (χ3n) is 3.44. The summed E-state index contributed by atoms with van der Waals surface area (Å²) in [6.07, 6.45) is 2.91. The first-order valence-corrected chi connectivity index (χ1v) is 8.10. The molecule has 1 rings (SSSR count). The first-order chi connectivity index (χ1) is 9.87. The molecule has 0 radical (unpaired) electrons. The standard InChI is InChI=1S/C15H20Cl2N2OS/c1-3-7-15(8-4-2,13(18)21)14(20)19-10-5-6-11(16)12(17)9-10/h5-6,9H,3-4,7-8H2,1-2H3,(H2,18,21)(H,19,20). The maximum absolute atomic E-state index is 12.7. The van der Waals surface area contributed by atoms with E-state index in [1.54, 1.807) is 18.2 Å². The Morgan fingerprint density at radius 1 is 1.24 bits per heavy atom. The number of nitrogens with one attached hydrogen (secondary N) is 1. The van der Waals surface area contributed by atoms with Crippen molar-refractivity contribution in [3.05, 3.63) is 28.2 Å². The Bertz CT molecular complexity index is 528. The molecule has 21 heavy (non-hydrogen) atoms. The Balaban J connectivity index is 3.04. The van der Waals surface area contributed by atoms with Crippen molar-refractivity contribution in [1.82, 2.24) is 0 Å². The van der Waals surface area contributed by atoms with Crippen molar-refractivity contribution in [2.24, 2.45) is 11.1 Å². The highest BCUT2D eigenvalue weighted by Crippen LogP contribution is 2.33. The molecule has 0 aliphatic heterocycles. The predicted molar refractivity (Wildman–Crippen MR) is 94.1 cm³/mol. The summed E-state index contributed by atoms with van der Waals surface area (Å²) in [6, 6.07) is 4.96. The van der Waals surface area contributed by atoms with Crippen LogP contribution >= 0.6 is 35.4 Å². The van der Waals surface area contributed by atoms with E-state index in [0.29, 0.717) is 28.6 Å². The van der Waals surface area contributed by atoms with Gasteiger partial charge in [0, 0.05) is 5.69 Å². The molecular weight excluding hydrogens is 327 g/mol. The molecule has 0 unspecified atom stereocenters. The van der Waals surface area contributed by atoms with Crippen molar-refractivity contribution in [1.29, 1.82) is 0 Å². The van der Waals surface area contributed by atoms with Crippen LogP contribution < -0.4 is 11.1 Å². The zero-order valence-corrected chi connectivity index (χ0v) is 14.5.